The van der Waals surface area contributed by atoms with Gasteiger partial charge in [-0.3, -0.25) is 9.59 Å². The molecule has 120 valence electrons. The maximum atomic E-state index is 12.9. The van der Waals surface area contributed by atoms with E-state index in [0.29, 0.717) is 5.69 Å². The Labute approximate surface area is 139 Å². The van der Waals surface area contributed by atoms with Gasteiger partial charge in [0.2, 0.25) is 0 Å². The van der Waals surface area contributed by atoms with Crippen LogP contribution in [0.5, 0.6) is 0 Å². The van der Waals surface area contributed by atoms with Crippen molar-refractivity contribution in [2.24, 2.45) is 10.3 Å². The molecule has 24 heavy (non-hydrogen) atoms. The van der Waals surface area contributed by atoms with E-state index in [9.17, 15) is 9.59 Å². The molecule has 0 aliphatic carbocycles. The van der Waals surface area contributed by atoms with Crippen LogP contribution in [0, 0.1) is 13.8 Å². The van der Waals surface area contributed by atoms with E-state index in [0.717, 1.165) is 16.8 Å². The minimum atomic E-state index is -0.779. The van der Waals surface area contributed by atoms with Crippen LogP contribution in [0.15, 0.2) is 58.9 Å². The van der Waals surface area contributed by atoms with E-state index in [4.69, 9.17) is 0 Å². The lowest BCUT2D eigenvalue weighted by Crippen LogP contribution is -2.39. The number of anilines is 2. The van der Waals surface area contributed by atoms with Gasteiger partial charge in [-0.1, -0.05) is 29.5 Å². The number of rotatable bonds is 2. The molecule has 0 aromatic heterocycles. The summed E-state index contributed by atoms with van der Waals surface area (Å²) in [6, 6.07) is 13.5. The van der Waals surface area contributed by atoms with E-state index in [1.165, 1.54) is 9.91 Å². The lowest BCUT2D eigenvalue weighted by atomic mass is 10.1. The Balaban J connectivity index is 1.73. The highest BCUT2D eigenvalue weighted by Gasteiger charge is 2.55. The molecule has 2 atom stereocenters. The number of aryl methyl sites for hydroxylation is 2. The van der Waals surface area contributed by atoms with Gasteiger partial charge in [0, 0.05) is 0 Å². The standard InChI is InChI=1S/C18H16N4O2/c1-11-8-12(2)10-14(9-11)21-17(23)15-16(18(21)24)22(20-19-15)13-6-4-3-5-7-13/h3-10,15-16H,1-2H3. The highest BCUT2D eigenvalue weighted by atomic mass is 16.2. The summed E-state index contributed by atoms with van der Waals surface area (Å²) in [5, 5.41) is 9.63. The molecule has 1 fully saturated rings. The summed E-state index contributed by atoms with van der Waals surface area (Å²) in [6.45, 7) is 3.89. The van der Waals surface area contributed by atoms with Crippen LogP contribution in [-0.4, -0.2) is 23.9 Å². The van der Waals surface area contributed by atoms with Crippen LogP contribution in [0.1, 0.15) is 11.1 Å². The van der Waals surface area contributed by atoms with Gasteiger partial charge in [-0.25, -0.2) is 9.91 Å². The number of hydrogen-bond donors (Lipinski definition) is 0. The van der Waals surface area contributed by atoms with Crippen LogP contribution in [0.2, 0.25) is 0 Å². The fourth-order valence-corrected chi connectivity index (χ4v) is 3.29. The Kier molecular flexibility index (Phi) is 3.19. The number of benzene rings is 2. The molecule has 0 radical (unpaired) electrons. The van der Waals surface area contributed by atoms with Crippen molar-refractivity contribution in [2.45, 2.75) is 25.9 Å². The zero-order valence-corrected chi connectivity index (χ0v) is 13.4. The van der Waals surface area contributed by atoms with E-state index in [2.05, 4.69) is 10.3 Å². The van der Waals surface area contributed by atoms with E-state index >= 15 is 0 Å². The van der Waals surface area contributed by atoms with Crippen LogP contribution in [0.4, 0.5) is 11.4 Å². The highest BCUT2D eigenvalue weighted by molar-refractivity contribution is 6.26. The predicted octanol–water partition coefficient (Wildman–Crippen LogP) is 2.80. The maximum Gasteiger partial charge on any atom is 0.263 e. The van der Waals surface area contributed by atoms with E-state index < -0.39 is 12.1 Å². The average molecular weight is 320 g/mol. The van der Waals surface area contributed by atoms with Gasteiger partial charge >= 0.3 is 0 Å². The number of fused-ring (bicyclic) bond motifs is 1. The van der Waals surface area contributed by atoms with Crippen LogP contribution >= 0.6 is 0 Å². The Morgan fingerprint density at radius 2 is 1.54 bits per heavy atom. The third-order valence-electron chi connectivity index (χ3n) is 4.27. The van der Waals surface area contributed by atoms with Gasteiger partial charge in [-0.05, 0) is 49.2 Å². The highest BCUT2D eigenvalue weighted by Crippen LogP contribution is 2.35. The molecule has 0 saturated carbocycles. The molecule has 2 aromatic rings. The molecule has 2 aliphatic heterocycles. The van der Waals surface area contributed by atoms with Gasteiger partial charge < -0.3 is 0 Å². The van der Waals surface area contributed by atoms with Crippen molar-refractivity contribution >= 4 is 23.2 Å². The van der Waals surface area contributed by atoms with Crippen molar-refractivity contribution in [3.63, 3.8) is 0 Å². The third-order valence-corrected chi connectivity index (χ3v) is 4.27. The second-order valence-electron chi connectivity index (χ2n) is 6.13. The normalized spacial score (nSPS) is 22.4. The van der Waals surface area contributed by atoms with Crippen molar-refractivity contribution in [1.29, 1.82) is 0 Å². The number of nitrogens with zero attached hydrogens (tertiary/aromatic N) is 4. The minimum absolute atomic E-state index is 0.288. The number of imide groups is 1. The van der Waals surface area contributed by atoms with Gasteiger partial charge in [0.15, 0.2) is 12.1 Å². The lowest BCUT2D eigenvalue weighted by molar-refractivity contribution is -0.121. The number of para-hydroxylation sites is 1. The largest absolute Gasteiger partial charge is 0.271 e. The first-order valence-electron chi connectivity index (χ1n) is 7.77. The summed E-state index contributed by atoms with van der Waals surface area (Å²) < 4.78 is 0. The van der Waals surface area contributed by atoms with Crippen molar-refractivity contribution in [1.82, 2.24) is 0 Å². The molecule has 4 rings (SSSR count). The second-order valence-corrected chi connectivity index (χ2v) is 6.13. The number of amides is 2. The topological polar surface area (TPSA) is 65.3 Å². The van der Waals surface area contributed by atoms with E-state index in [1.807, 2.05) is 62.4 Å². The summed E-state index contributed by atoms with van der Waals surface area (Å²) >= 11 is 0. The van der Waals surface area contributed by atoms with Crippen molar-refractivity contribution in [3.05, 3.63) is 59.7 Å². The average Bonchev–Trinajstić information content (AvgIpc) is 3.08. The molecule has 6 heteroatoms. The van der Waals surface area contributed by atoms with Crippen molar-refractivity contribution in [3.8, 4) is 0 Å². The van der Waals surface area contributed by atoms with Crippen LogP contribution in [0.3, 0.4) is 0 Å². The quantitative estimate of drug-likeness (QED) is 0.799. The molecule has 2 unspecified atom stereocenters. The third kappa shape index (κ3) is 2.11. The van der Waals surface area contributed by atoms with Crippen molar-refractivity contribution < 1.29 is 9.59 Å². The van der Waals surface area contributed by atoms with Crippen LogP contribution < -0.4 is 9.91 Å². The van der Waals surface area contributed by atoms with Gasteiger partial charge in [0.25, 0.3) is 11.8 Å². The molecule has 0 N–H and O–H groups in total. The Hall–Kier alpha value is -3.02. The molecule has 0 spiro atoms. The minimum Gasteiger partial charge on any atom is -0.271 e. The summed E-state index contributed by atoms with van der Waals surface area (Å²) in [6.07, 6.45) is 0. The molecular formula is C18H16N4O2. The first-order valence-corrected chi connectivity index (χ1v) is 7.77. The summed E-state index contributed by atoms with van der Waals surface area (Å²) in [4.78, 5) is 26.9. The van der Waals surface area contributed by atoms with Crippen molar-refractivity contribution in [2.75, 3.05) is 9.91 Å². The first kappa shape index (κ1) is 14.6. The van der Waals surface area contributed by atoms with Gasteiger partial charge in [0.1, 0.15) is 0 Å². The fraction of sp³-hybridized carbons (Fsp3) is 0.222. The maximum absolute atomic E-state index is 12.9. The zero-order chi connectivity index (χ0) is 16.8. The number of carbonyl (C=O) groups excluding carboxylic acids is 2. The summed E-state index contributed by atoms with van der Waals surface area (Å²) in [7, 11) is 0. The number of hydrogen-bond acceptors (Lipinski definition) is 5. The van der Waals surface area contributed by atoms with E-state index in [-0.39, 0.29) is 11.8 Å². The van der Waals surface area contributed by atoms with Gasteiger partial charge in [-0.2, -0.15) is 5.11 Å². The number of carbonyl (C=O) groups is 2. The Morgan fingerprint density at radius 1 is 0.875 bits per heavy atom. The fourth-order valence-electron chi connectivity index (χ4n) is 3.29. The molecule has 2 aliphatic rings. The van der Waals surface area contributed by atoms with Gasteiger partial charge in [0.05, 0.1) is 11.4 Å². The first-order chi connectivity index (χ1) is 11.6. The Bertz CT molecular complexity index is 842. The molecule has 2 aromatic carbocycles. The molecule has 0 bridgehead atoms. The van der Waals surface area contributed by atoms with Crippen LogP contribution in [-0.2, 0) is 9.59 Å². The predicted molar refractivity (Wildman–Crippen MR) is 89.8 cm³/mol. The SMILES string of the molecule is Cc1cc(C)cc(N2C(=O)C3N=NN(c4ccccc4)C3C2=O)c1. The van der Waals surface area contributed by atoms with Crippen LogP contribution in [0.25, 0.3) is 0 Å². The molecule has 2 amide bonds. The van der Waals surface area contributed by atoms with Gasteiger partial charge in [-0.15, -0.1) is 0 Å². The summed E-state index contributed by atoms with van der Waals surface area (Å²) in [5.74, 6) is -0.610. The van der Waals surface area contributed by atoms with E-state index in [1.54, 1.807) is 0 Å². The smallest absolute Gasteiger partial charge is 0.263 e. The molecule has 2 heterocycles. The molecular weight excluding hydrogens is 304 g/mol. The monoisotopic (exact) mass is 320 g/mol. The lowest BCUT2D eigenvalue weighted by Gasteiger charge is -2.21. The Morgan fingerprint density at radius 3 is 2.21 bits per heavy atom. The summed E-state index contributed by atoms with van der Waals surface area (Å²) in [5.41, 5.74) is 3.35. The zero-order valence-electron chi connectivity index (χ0n) is 13.4. The molecule has 6 nitrogen and oxygen atoms in total. The second kappa shape index (κ2) is 5.26. The molecule has 1 saturated heterocycles.